The number of rotatable bonds is 2. The fourth-order valence-electron chi connectivity index (χ4n) is 2.44. The van der Waals surface area contributed by atoms with Crippen molar-refractivity contribution in [2.45, 2.75) is 31.3 Å². The molecule has 0 aromatic heterocycles. The molecule has 0 bridgehead atoms. The van der Waals surface area contributed by atoms with E-state index in [1.54, 1.807) is 19.2 Å². The van der Waals surface area contributed by atoms with Crippen molar-refractivity contribution in [3.05, 3.63) is 35.6 Å². The second-order valence-corrected chi connectivity index (χ2v) is 4.32. The standard InChI is InChI=1S/C13H16FNO/c1-15-12(13(16)7-2-3-8-13)10-5-4-6-11(14)9-10/h4-6,9,16H,2-3,7-8H2,1H3. The van der Waals surface area contributed by atoms with Crippen LogP contribution in [0.2, 0.25) is 0 Å². The van der Waals surface area contributed by atoms with Crippen LogP contribution < -0.4 is 0 Å². The lowest BCUT2D eigenvalue weighted by Crippen LogP contribution is -2.36. The number of nitrogens with zero attached hydrogens (tertiary/aromatic N) is 1. The van der Waals surface area contributed by atoms with Crippen LogP contribution in [0, 0.1) is 5.82 Å². The molecule has 0 heterocycles. The third kappa shape index (κ3) is 2.00. The van der Waals surface area contributed by atoms with Crippen molar-refractivity contribution in [1.82, 2.24) is 0 Å². The average molecular weight is 221 g/mol. The maximum atomic E-state index is 13.1. The van der Waals surface area contributed by atoms with Crippen LogP contribution in [-0.4, -0.2) is 23.5 Å². The van der Waals surface area contributed by atoms with Gasteiger partial charge in [0.25, 0.3) is 0 Å². The van der Waals surface area contributed by atoms with E-state index in [9.17, 15) is 9.50 Å². The Balaban J connectivity index is 2.37. The number of aliphatic hydroxyl groups is 1. The predicted octanol–water partition coefficient (Wildman–Crippen LogP) is 2.55. The highest BCUT2D eigenvalue weighted by Crippen LogP contribution is 2.33. The van der Waals surface area contributed by atoms with Crippen molar-refractivity contribution in [3.8, 4) is 0 Å². The van der Waals surface area contributed by atoms with Gasteiger partial charge < -0.3 is 5.11 Å². The summed E-state index contributed by atoms with van der Waals surface area (Å²) < 4.78 is 13.1. The van der Waals surface area contributed by atoms with Gasteiger partial charge in [-0.25, -0.2) is 4.39 Å². The molecule has 1 saturated carbocycles. The Morgan fingerprint density at radius 3 is 2.62 bits per heavy atom. The van der Waals surface area contributed by atoms with E-state index in [1.807, 2.05) is 0 Å². The van der Waals surface area contributed by atoms with Crippen LogP contribution in [0.15, 0.2) is 29.3 Å². The van der Waals surface area contributed by atoms with Gasteiger partial charge in [-0.3, -0.25) is 4.99 Å². The molecule has 0 aliphatic heterocycles. The minimum atomic E-state index is -0.859. The molecular formula is C13H16FNO. The van der Waals surface area contributed by atoms with Crippen molar-refractivity contribution in [2.75, 3.05) is 7.05 Å². The number of hydrogen-bond acceptors (Lipinski definition) is 2. The molecule has 16 heavy (non-hydrogen) atoms. The quantitative estimate of drug-likeness (QED) is 0.765. The van der Waals surface area contributed by atoms with Crippen LogP contribution in [0.3, 0.4) is 0 Å². The molecule has 0 unspecified atom stereocenters. The van der Waals surface area contributed by atoms with Crippen LogP contribution in [0.25, 0.3) is 0 Å². The van der Waals surface area contributed by atoms with E-state index in [0.717, 1.165) is 25.7 Å². The summed E-state index contributed by atoms with van der Waals surface area (Å²) in [5, 5.41) is 10.4. The van der Waals surface area contributed by atoms with Crippen LogP contribution in [0.4, 0.5) is 4.39 Å². The number of halogens is 1. The second-order valence-electron chi connectivity index (χ2n) is 4.32. The Bertz CT molecular complexity index is 408. The first kappa shape index (κ1) is 11.3. The van der Waals surface area contributed by atoms with Crippen LogP contribution in [0.1, 0.15) is 31.2 Å². The lowest BCUT2D eigenvalue weighted by atomic mass is 9.90. The largest absolute Gasteiger partial charge is 0.384 e. The fourth-order valence-corrected chi connectivity index (χ4v) is 2.44. The van der Waals surface area contributed by atoms with Gasteiger partial charge in [0, 0.05) is 12.6 Å². The summed E-state index contributed by atoms with van der Waals surface area (Å²) in [6.07, 6.45) is 3.45. The van der Waals surface area contributed by atoms with Crippen molar-refractivity contribution in [1.29, 1.82) is 0 Å². The molecule has 1 N–H and O–H groups in total. The predicted molar refractivity (Wildman–Crippen MR) is 62.3 cm³/mol. The highest BCUT2D eigenvalue weighted by molar-refractivity contribution is 6.06. The zero-order valence-corrected chi connectivity index (χ0v) is 9.41. The molecule has 86 valence electrons. The van der Waals surface area contributed by atoms with E-state index in [-0.39, 0.29) is 5.82 Å². The van der Waals surface area contributed by atoms with Crippen LogP contribution in [-0.2, 0) is 0 Å². The Morgan fingerprint density at radius 2 is 2.06 bits per heavy atom. The molecule has 1 aromatic rings. The van der Waals surface area contributed by atoms with Crippen LogP contribution >= 0.6 is 0 Å². The first-order valence-electron chi connectivity index (χ1n) is 5.61. The van der Waals surface area contributed by atoms with Gasteiger partial charge in [0.05, 0.1) is 5.71 Å². The highest BCUT2D eigenvalue weighted by Gasteiger charge is 2.36. The minimum absolute atomic E-state index is 0.291. The van der Waals surface area contributed by atoms with E-state index in [0.29, 0.717) is 11.3 Å². The summed E-state index contributed by atoms with van der Waals surface area (Å²) >= 11 is 0. The maximum Gasteiger partial charge on any atom is 0.123 e. The van der Waals surface area contributed by atoms with E-state index in [2.05, 4.69) is 4.99 Å². The lowest BCUT2D eigenvalue weighted by Gasteiger charge is -2.24. The Labute approximate surface area is 94.8 Å². The topological polar surface area (TPSA) is 32.6 Å². The number of aliphatic imine (C=N–C) groups is 1. The Kier molecular flexibility index (Phi) is 3.06. The van der Waals surface area contributed by atoms with Crippen molar-refractivity contribution >= 4 is 5.71 Å². The zero-order chi connectivity index (χ0) is 11.6. The monoisotopic (exact) mass is 221 g/mol. The van der Waals surface area contributed by atoms with Crippen LogP contribution in [0.5, 0.6) is 0 Å². The van der Waals surface area contributed by atoms with Gasteiger partial charge >= 0.3 is 0 Å². The fraction of sp³-hybridized carbons (Fsp3) is 0.462. The highest BCUT2D eigenvalue weighted by atomic mass is 19.1. The van der Waals surface area contributed by atoms with Gasteiger partial charge in [-0.2, -0.15) is 0 Å². The molecule has 0 amide bonds. The van der Waals surface area contributed by atoms with Gasteiger partial charge in [-0.05, 0) is 25.0 Å². The summed E-state index contributed by atoms with van der Waals surface area (Å²) in [5.41, 5.74) is 0.444. The first-order valence-corrected chi connectivity index (χ1v) is 5.61. The summed E-state index contributed by atoms with van der Waals surface area (Å²) in [7, 11) is 1.65. The zero-order valence-electron chi connectivity index (χ0n) is 9.41. The molecule has 0 atom stereocenters. The van der Waals surface area contributed by atoms with Crippen molar-refractivity contribution in [2.24, 2.45) is 4.99 Å². The molecule has 2 nitrogen and oxygen atoms in total. The van der Waals surface area contributed by atoms with Gasteiger partial charge in [-0.1, -0.05) is 25.0 Å². The summed E-state index contributed by atoms with van der Waals surface area (Å²) in [6.45, 7) is 0. The van der Waals surface area contributed by atoms with E-state index < -0.39 is 5.60 Å². The van der Waals surface area contributed by atoms with Crippen molar-refractivity contribution < 1.29 is 9.50 Å². The average Bonchev–Trinajstić information content (AvgIpc) is 2.67. The third-order valence-electron chi connectivity index (χ3n) is 3.19. The molecule has 3 heteroatoms. The van der Waals surface area contributed by atoms with E-state index >= 15 is 0 Å². The van der Waals surface area contributed by atoms with Gasteiger partial charge in [0.2, 0.25) is 0 Å². The van der Waals surface area contributed by atoms with E-state index in [4.69, 9.17) is 0 Å². The third-order valence-corrected chi connectivity index (χ3v) is 3.19. The summed E-state index contributed by atoms with van der Waals surface area (Å²) in [5.74, 6) is -0.291. The molecule has 1 aromatic carbocycles. The molecule has 1 fully saturated rings. The molecule has 1 aliphatic carbocycles. The van der Waals surface area contributed by atoms with Crippen molar-refractivity contribution in [3.63, 3.8) is 0 Å². The Morgan fingerprint density at radius 1 is 1.38 bits per heavy atom. The number of benzene rings is 1. The summed E-state index contributed by atoms with van der Waals surface area (Å²) in [6, 6.07) is 6.27. The van der Waals surface area contributed by atoms with E-state index in [1.165, 1.54) is 12.1 Å². The SMILES string of the molecule is CN=C(c1cccc(F)c1)C1(O)CCCC1. The molecule has 0 saturated heterocycles. The maximum absolute atomic E-state index is 13.1. The summed E-state index contributed by atoms with van der Waals surface area (Å²) in [4.78, 5) is 4.15. The molecule has 0 spiro atoms. The van der Waals surface area contributed by atoms with Gasteiger partial charge in [0.15, 0.2) is 0 Å². The Hall–Kier alpha value is -1.22. The molecular weight excluding hydrogens is 205 g/mol. The smallest absolute Gasteiger partial charge is 0.123 e. The van der Waals surface area contributed by atoms with Gasteiger partial charge in [0.1, 0.15) is 11.4 Å². The second kappa shape index (κ2) is 4.34. The molecule has 2 rings (SSSR count). The number of hydrogen-bond donors (Lipinski definition) is 1. The first-order chi connectivity index (χ1) is 7.65. The molecule has 1 aliphatic rings. The normalized spacial score (nSPS) is 20.1. The van der Waals surface area contributed by atoms with Gasteiger partial charge in [-0.15, -0.1) is 0 Å². The lowest BCUT2D eigenvalue weighted by molar-refractivity contribution is 0.121. The minimum Gasteiger partial charge on any atom is -0.384 e. The molecule has 0 radical (unpaired) electrons.